The first-order chi connectivity index (χ1) is 14.4. The first-order valence-electron chi connectivity index (χ1n) is 10.4. The number of rotatable bonds is 7. The SMILES string of the molecule is CC(C)NS(=O)(=O)c1cccc(-c2ccc3[nH]c(CN4CCC[C@@H]4CO)cc3c2)c1. The third kappa shape index (κ3) is 4.44. The second kappa shape index (κ2) is 8.51. The van der Waals surface area contributed by atoms with Crippen LogP contribution in [0.3, 0.4) is 0 Å². The van der Waals surface area contributed by atoms with Crippen molar-refractivity contribution >= 4 is 20.9 Å². The molecule has 4 rings (SSSR count). The lowest BCUT2D eigenvalue weighted by Crippen LogP contribution is -2.31. The summed E-state index contributed by atoms with van der Waals surface area (Å²) >= 11 is 0. The van der Waals surface area contributed by atoms with Gasteiger partial charge < -0.3 is 10.1 Å². The van der Waals surface area contributed by atoms with Crippen LogP contribution in [0.5, 0.6) is 0 Å². The minimum absolute atomic E-state index is 0.158. The number of benzene rings is 2. The van der Waals surface area contributed by atoms with Crippen LogP contribution in [0.15, 0.2) is 53.4 Å². The molecule has 1 saturated heterocycles. The van der Waals surface area contributed by atoms with Gasteiger partial charge in [0.2, 0.25) is 10.0 Å². The Morgan fingerprint density at radius 3 is 2.73 bits per heavy atom. The normalized spacial score (nSPS) is 17.9. The Hall–Kier alpha value is -2.19. The van der Waals surface area contributed by atoms with Gasteiger partial charge >= 0.3 is 0 Å². The Balaban J connectivity index is 1.60. The molecule has 2 aromatic carbocycles. The van der Waals surface area contributed by atoms with E-state index in [0.29, 0.717) is 0 Å². The number of aromatic amines is 1. The van der Waals surface area contributed by atoms with Crippen LogP contribution in [-0.4, -0.2) is 48.6 Å². The van der Waals surface area contributed by atoms with Crippen molar-refractivity contribution in [3.63, 3.8) is 0 Å². The van der Waals surface area contributed by atoms with Crippen LogP contribution in [-0.2, 0) is 16.6 Å². The fraction of sp³-hybridized carbons (Fsp3) is 0.391. The van der Waals surface area contributed by atoms with E-state index in [1.807, 2.05) is 32.0 Å². The van der Waals surface area contributed by atoms with Crippen LogP contribution < -0.4 is 4.72 Å². The van der Waals surface area contributed by atoms with Gasteiger partial charge in [0, 0.05) is 35.2 Å². The van der Waals surface area contributed by atoms with Gasteiger partial charge in [0.15, 0.2) is 0 Å². The first kappa shape index (κ1) is 21.1. The largest absolute Gasteiger partial charge is 0.395 e. The van der Waals surface area contributed by atoms with E-state index in [2.05, 4.69) is 26.7 Å². The summed E-state index contributed by atoms with van der Waals surface area (Å²) < 4.78 is 27.7. The maximum absolute atomic E-state index is 12.5. The number of nitrogens with zero attached hydrogens (tertiary/aromatic N) is 1. The van der Waals surface area contributed by atoms with Crippen LogP contribution >= 0.6 is 0 Å². The van der Waals surface area contributed by atoms with Gasteiger partial charge in [-0.25, -0.2) is 13.1 Å². The number of fused-ring (bicyclic) bond motifs is 1. The number of aliphatic hydroxyl groups excluding tert-OH is 1. The Labute approximate surface area is 178 Å². The van der Waals surface area contributed by atoms with Gasteiger partial charge in [0.25, 0.3) is 0 Å². The zero-order chi connectivity index (χ0) is 21.3. The summed E-state index contributed by atoms with van der Waals surface area (Å²) in [5, 5.41) is 10.6. The van der Waals surface area contributed by atoms with Crippen molar-refractivity contribution in [2.24, 2.45) is 0 Å². The predicted molar refractivity (Wildman–Crippen MR) is 120 cm³/mol. The topological polar surface area (TPSA) is 85.4 Å². The lowest BCUT2D eigenvalue weighted by atomic mass is 10.0. The second-order valence-electron chi connectivity index (χ2n) is 8.35. The standard InChI is InChI=1S/C23H29N3O3S/c1-16(2)25-30(28,29)22-7-3-5-17(13-22)18-8-9-23-19(11-18)12-20(24-23)14-26-10-4-6-21(26)15-27/h3,5,7-9,11-13,16,21,24-25,27H,4,6,10,14-15H2,1-2H3/t21-/m1/s1. The number of nitrogens with one attached hydrogen (secondary N) is 2. The van der Waals surface area contributed by atoms with Crippen LogP contribution in [0.25, 0.3) is 22.0 Å². The molecule has 30 heavy (non-hydrogen) atoms. The molecule has 3 N–H and O–H groups in total. The molecule has 7 heteroatoms. The maximum atomic E-state index is 12.5. The Morgan fingerprint density at radius 2 is 1.97 bits per heavy atom. The number of likely N-dealkylation sites (tertiary alicyclic amines) is 1. The van der Waals surface area contributed by atoms with Crippen molar-refractivity contribution in [3.8, 4) is 11.1 Å². The molecule has 3 aromatic rings. The molecule has 1 aromatic heterocycles. The predicted octanol–water partition coefficient (Wildman–Crippen LogP) is 3.48. The van der Waals surface area contributed by atoms with Crippen molar-refractivity contribution in [2.45, 2.75) is 50.2 Å². The molecule has 0 saturated carbocycles. The van der Waals surface area contributed by atoms with E-state index in [-0.39, 0.29) is 23.6 Å². The number of sulfonamides is 1. The van der Waals surface area contributed by atoms with E-state index >= 15 is 0 Å². The molecule has 1 atom stereocenters. The van der Waals surface area contributed by atoms with Crippen molar-refractivity contribution in [2.75, 3.05) is 13.2 Å². The summed E-state index contributed by atoms with van der Waals surface area (Å²) in [5.41, 5.74) is 4.02. The molecule has 160 valence electrons. The van der Waals surface area contributed by atoms with Gasteiger partial charge in [-0.1, -0.05) is 18.2 Å². The van der Waals surface area contributed by atoms with Crippen molar-refractivity contribution in [1.82, 2.24) is 14.6 Å². The molecule has 0 amide bonds. The molecule has 1 aliphatic heterocycles. The van der Waals surface area contributed by atoms with E-state index in [1.165, 1.54) is 0 Å². The highest BCUT2D eigenvalue weighted by Gasteiger charge is 2.24. The zero-order valence-electron chi connectivity index (χ0n) is 17.4. The number of aliphatic hydroxyl groups is 1. The first-order valence-corrected chi connectivity index (χ1v) is 11.9. The maximum Gasteiger partial charge on any atom is 0.240 e. The van der Waals surface area contributed by atoms with E-state index in [9.17, 15) is 13.5 Å². The quantitative estimate of drug-likeness (QED) is 0.539. The van der Waals surface area contributed by atoms with Crippen molar-refractivity contribution < 1.29 is 13.5 Å². The van der Waals surface area contributed by atoms with Crippen LogP contribution in [0.4, 0.5) is 0 Å². The Morgan fingerprint density at radius 1 is 1.17 bits per heavy atom. The average Bonchev–Trinajstić information content (AvgIpc) is 3.32. The summed E-state index contributed by atoms with van der Waals surface area (Å²) in [7, 11) is -3.53. The highest BCUT2D eigenvalue weighted by Crippen LogP contribution is 2.28. The highest BCUT2D eigenvalue weighted by atomic mass is 32.2. The number of hydrogen-bond acceptors (Lipinski definition) is 4. The fourth-order valence-corrected chi connectivity index (χ4v) is 5.50. The summed E-state index contributed by atoms with van der Waals surface area (Å²) in [6.07, 6.45) is 2.17. The monoisotopic (exact) mass is 427 g/mol. The summed E-state index contributed by atoms with van der Waals surface area (Å²) in [4.78, 5) is 6.07. The molecule has 1 aliphatic rings. The molecule has 0 bridgehead atoms. The van der Waals surface area contributed by atoms with Crippen molar-refractivity contribution in [3.05, 3.63) is 54.2 Å². The minimum Gasteiger partial charge on any atom is -0.395 e. The van der Waals surface area contributed by atoms with Gasteiger partial charge in [-0.15, -0.1) is 0 Å². The lowest BCUT2D eigenvalue weighted by molar-refractivity contribution is 0.152. The average molecular weight is 428 g/mol. The van der Waals surface area contributed by atoms with E-state index < -0.39 is 10.0 Å². The van der Waals surface area contributed by atoms with Gasteiger partial charge in [0.05, 0.1) is 11.5 Å². The zero-order valence-corrected chi connectivity index (χ0v) is 18.2. The minimum atomic E-state index is -3.53. The molecule has 1 fully saturated rings. The van der Waals surface area contributed by atoms with E-state index in [0.717, 1.165) is 53.7 Å². The van der Waals surface area contributed by atoms with Gasteiger partial charge in [-0.2, -0.15) is 0 Å². The second-order valence-corrected chi connectivity index (χ2v) is 10.1. The molecule has 0 aliphatic carbocycles. The van der Waals surface area contributed by atoms with Crippen LogP contribution in [0.1, 0.15) is 32.4 Å². The summed E-state index contributed by atoms with van der Waals surface area (Å²) in [6, 6.07) is 15.4. The third-order valence-electron chi connectivity index (χ3n) is 5.63. The molecule has 2 heterocycles. The van der Waals surface area contributed by atoms with Gasteiger partial charge in [0.1, 0.15) is 0 Å². The van der Waals surface area contributed by atoms with Gasteiger partial charge in [-0.3, -0.25) is 4.90 Å². The summed E-state index contributed by atoms with van der Waals surface area (Å²) in [6.45, 7) is 5.63. The summed E-state index contributed by atoms with van der Waals surface area (Å²) in [5.74, 6) is 0. The lowest BCUT2D eigenvalue weighted by Gasteiger charge is -2.21. The molecular weight excluding hydrogens is 398 g/mol. The van der Waals surface area contributed by atoms with Gasteiger partial charge in [-0.05, 0) is 74.7 Å². The highest BCUT2D eigenvalue weighted by molar-refractivity contribution is 7.89. The molecule has 0 spiro atoms. The Kier molecular flexibility index (Phi) is 5.97. The van der Waals surface area contributed by atoms with E-state index in [4.69, 9.17) is 0 Å². The van der Waals surface area contributed by atoms with E-state index in [1.54, 1.807) is 18.2 Å². The molecule has 0 radical (unpaired) electrons. The van der Waals surface area contributed by atoms with Crippen molar-refractivity contribution in [1.29, 1.82) is 0 Å². The number of hydrogen-bond donors (Lipinski definition) is 3. The Bertz CT molecular complexity index is 1140. The molecule has 6 nitrogen and oxygen atoms in total. The van der Waals surface area contributed by atoms with Crippen LogP contribution in [0.2, 0.25) is 0 Å². The third-order valence-corrected chi connectivity index (χ3v) is 7.28. The molecular formula is C23H29N3O3S. The number of aromatic nitrogens is 1. The van der Waals surface area contributed by atoms with Crippen LogP contribution in [0, 0.1) is 0 Å². The number of H-pyrrole nitrogens is 1. The molecule has 0 unspecified atom stereocenters. The fourth-order valence-electron chi connectivity index (χ4n) is 4.21. The smallest absolute Gasteiger partial charge is 0.240 e.